The zero-order valence-electron chi connectivity index (χ0n) is 17.8. The minimum atomic E-state index is 0.0726. The van der Waals surface area contributed by atoms with Gasteiger partial charge < -0.3 is 4.42 Å². The molecule has 0 bridgehead atoms. The predicted molar refractivity (Wildman–Crippen MR) is 125 cm³/mol. The second kappa shape index (κ2) is 6.17. The zero-order chi connectivity index (χ0) is 20.5. The van der Waals surface area contributed by atoms with Crippen molar-refractivity contribution >= 4 is 43.4 Å². The van der Waals surface area contributed by atoms with E-state index in [1.165, 1.54) is 43.1 Å². The third kappa shape index (κ3) is 2.79. The van der Waals surface area contributed by atoms with Crippen LogP contribution in [0.4, 0.5) is 0 Å². The molecule has 0 aliphatic rings. The first kappa shape index (κ1) is 18.4. The molecule has 2 nitrogen and oxygen atoms in total. The van der Waals surface area contributed by atoms with Gasteiger partial charge in [-0.1, -0.05) is 20.8 Å². The van der Waals surface area contributed by atoms with E-state index in [4.69, 9.17) is 9.40 Å². The number of benzene rings is 2. The lowest BCUT2D eigenvalue weighted by atomic mass is 9.85. The summed E-state index contributed by atoms with van der Waals surface area (Å²) in [7, 11) is 0. The van der Waals surface area contributed by atoms with Gasteiger partial charge in [-0.05, 0) is 84.2 Å². The minimum Gasteiger partial charge on any atom is -0.455 e. The maximum absolute atomic E-state index is 6.57. The maximum atomic E-state index is 6.57. The molecular formula is C26H25NOS. The van der Waals surface area contributed by atoms with Crippen LogP contribution in [-0.4, -0.2) is 4.98 Å². The van der Waals surface area contributed by atoms with Crippen molar-refractivity contribution in [3.05, 3.63) is 64.2 Å². The summed E-state index contributed by atoms with van der Waals surface area (Å²) in [5, 5.41) is 5.76. The van der Waals surface area contributed by atoms with Gasteiger partial charge in [0.15, 0.2) is 0 Å². The first-order chi connectivity index (χ1) is 13.7. The molecule has 0 amide bonds. The Bertz CT molecular complexity index is 1410. The van der Waals surface area contributed by atoms with E-state index >= 15 is 0 Å². The molecule has 0 spiro atoms. The monoisotopic (exact) mass is 399 g/mol. The van der Waals surface area contributed by atoms with Gasteiger partial charge >= 0.3 is 0 Å². The average molecular weight is 400 g/mol. The maximum Gasteiger partial charge on any atom is 0.144 e. The Morgan fingerprint density at radius 3 is 2.34 bits per heavy atom. The molecule has 2 aromatic carbocycles. The summed E-state index contributed by atoms with van der Waals surface area (Å²) >= 11 is 1.80. The van der Waals surface area contributed by atoms with E-state index in [1.807, 2.05) is 6.20 Å². The quantitative estimate of drug-likeness (QED) is 0.285. The first-order valence-corrected chi connectivity index (χ1v) is 10.9. The van der Waals surface area contributed by atoms with Crippen molar-refractivity contribution in [3.8, 4) is 11.3 Å². The Kier molecular flexibility index (Phi) is 3.91. The summed E-state index contributed by atoms with van der Waals surface area (Å²) in [5.41, 5.74) is 9.08. The molecule has 146 valence electrons. The smallest absolute Gasteiger partial charge is 0.144 e. The van der Waals surface area contributed by atoms with Crippen molar-refractivity contribution in [1.29, 1.82) is 0 Å². The number of hydrogen-bond donors (Lipinski definition) is 0. The number of aromatic nitrogens is 1. The highest BCUT2D eigenvalue weighted by molar-refractivity contribution is 7.17. The summed E-state index contributed by atoms with van der Waals surface area (Å²) in [6.45, 7) is 13.2. The van der Waals surface area contributed by atoms with Crippen molar-refractivity contribution in [2.75, 3.05) is 0 Å². The molecule has 3 aromatic heterocycles. The normalized spacial score (nSPS) is 12.5. The molecule has 29 heavy (non-hydrogen) atoms. The highest BCUT2D eigenvalue weighted by atomic mass is 32.1. The van der Waals surface area contributed by atoms with Crippen molar-refractivity contribution in [1.82, 2.24) is 4.98 Å². The lowest BCUT2D eigenvalue weighted by molar-refractivity contribution is 0.597. The number of hydrogen-bond acceptors (Lipinski definition) is 3. The molecule has 0 atom stereocenters. The van der Waals surface area contributed by atoms with Gasteiger partial charge in [0, 0.05) is 32.6 Å². The molecule has 0 saturated carbocycles. The summed E-state index contributed by atoms with van der Waals surface area (Å²) in [6, 6.07) is 11.1. The number of fused-ring (bicyclic) bond motifs is 5. The van der Waals surface area contributed by atoms with Gasteiger partial charge in [-0.15, -0.1) is 11.3 Å². The Morgan fingerprint density at radius 2 is 1.62 bits per heavy atom. The van der Waals surface area contributed by atoms with E-state index in [9.17, 15) is 0 Å². The van der Waals surface area contributed by atoms with Gasteiger partial charge in [0.2, 0.25) is 0 Å². The number of pyridine rings is 1. The summed E-state index contributed by atoms with van der Waals surface area (Å²) < 4.78 is 7.89. The van der Waals surface area contributed by atoms with Crippen molar-refractivity contribution in [2.45, 2.75) is 47.0 Å². The third-order valence-electron chi connectivity index (χ3n) is 5.87. The van der Waals surface area contributed by atoms with Crippen LogP contribution in [0.15, 0.2) is 46.3 Å². The van der Waals surface area contributed by atoms with Crippen LogP contribution in [0.3, 0.4) is 0 Å². The SMILES string of the molecule is Cc1cc(-c2cc(C)c(C)cn2)c2oc3c4ccsc4c(C(C)(C)C)cc3c2c1. The molecule has 0 saturated heterocycles. The highest BCUT2D eigenvalue weighted by Crippen LogP contribution is 2.44. The van der Waals surface area contributed by atoms with E-state index < -0.39 is 0 Å². The summed E-state index contributed by atoms with van der Waals surface area (Å²) in [4.78, 5) is 4.72. The van der Waals surface area contributed by atoms with E-state index in [1.54, 1.807) is 11.3 Å². The molecular weight excluding hydrogens is 374 g/mol. The fraction of sp³-hybridized carbons (Fsp3) is 0.269. The first-order valence-electron chi connectivity index (χ1n) is 10.0. The van der Waals surface area contributed by atoms with E-state index in [0.29, 0.717) is 0 Å². The van der Waals surface area contributed by atoms with Crippen molar-refractivity contribution in [3.63, 3.8) is 0 Å². The number of furan rings is 1. The van der Waals surface area contributed by atoms with Crippen LogP contribution in [0.25, 0.3) is 43.3 Å². The molecule has 3 heteroatoms. The second-order valence-corrected chi connectivity index (χ2v) is 10.1. The largest absolute Gasteiger partial charge is 0.455 e. The molecule has 0 aliphatic carbocycles. The van der Waals surface area contributed by atoms with Crippen LogP contribution >= 0.6 is 11.3 Å². The van der Waals surface area contributed by atoms with Gasteiger partial charge in [-0.3, -0.25) is 4.98 Å². The van der Waals surface area contributed by atoms with Gasteiger partial charge in [0.25, 0.3) is 0 Å². The van der Waals surface area contributed by atoms with E-state index in [-0.39, 0.29) is 5.41 Å². The summed E-state index contributed by atoms with van der Waals surface area (Å²) in [5.74, 6) is 0. The number of aryl methyl sites for hydroxylation is 3. The topological polar surface area (TPSA) is 26.0 Å². The van der Waals surface area contributed by atoms with E-state index in [0.717, 1.165) is 22.4 Å². The predicted octanol–water partition coefficient (Wildman–Crippen LogP) is 8.09. The lowest BCUT2D eigenvalue weighted by Gasteiger charge is -2.20. The number of nitrogens with zero attached hydrogens (tertiary/aromatic N) is 1. The number of thiophene rings is 1. The lowest BCUT2D eigenvalue weighted by Crippen LogP contribution is -2.10. The molecule has 5 aromatic rings. The standard InChI is InChI=1S/C26H25NOS/c1-14-9-18-19-12-21(26(4,5)6)25-17(7-8-29-25)23(19)28-24(18)20(10-14)22-11-15(2)16(3)13-27-22/h7-13H,1-6H3. The van der Waals surface area contributed by atoms with Crippen LogP contribution in [0, 0.1) is 20.8 Å². The van der Waals surface area contributed by atoms with Crippen LogP contribution in [0.2, 0.25) is 0 Å². The fourth-order valence-electron chi connectivity index (χ4n) is 4.13. The zero-order valence-corrected chi connectivity index (χ0v) is 18.6. The van der Waals surface area contributed by atoms with Crippen LogP contribution in [0.5, 0.6) is 0 Å². The Labute approximate surface area is 175 Å². The summed E-state index contributed by atoms with van der Waals surface area (Å²) in [6.07, 6.45) is 1.95. The second-order valence-electron chi connectivity index (χ2n) is 9.16. The number of rotatable bonds is 1. The average Bonchev–Trinajstić information content (AvgIpc) is 3.26. The van der Waals surface area contributed by atoms with Crippen molar-refractivity contribution in [2.24, 2.45) is 0 Å². The molecule has 0 unspecified atom stereocenters. The van der Waals surface area contributed by atoms with Crippen LogP contribution < -0.4 is 0 Å². The Hall–Kier alpha value is -2.65. The molecule has 0 fully saturated rings. The Balaban J connectivity index is 1.93. The van der Waals surface area contributed by atoms with Crippen LogP contribution in [0.1, 0.15) is 43.0 Å². The van der Waals surface area contributed by atoms with E-state index in [2.05, 4.69) is 77.3 Å². The van der Waals surface area contributed by atoms with Gasteiger partial charge in [-0.2, -0.15) is 0 Å². The fourth-order valence-corrected chi connectivity index (χ4v) is 5.25. The van der Waals surface area contributed by atoms with Crippen LogP contribution in [-0.2, 0) is 5.41 Å². The molecule has 0 aliphatic heterocycles. The van der Waals surface area contributed by atoms with Gasteiger partial charge in [-0.25, -0.2) is 0 Å². The molecule has 5 rings (SSSR count). The third-order valence-corrected chi connectivity index (χ3v) is 6.82. The van der Waals surface area contributed by atoms with Crippen molar-refractivity contribution < 1.29 is 4.42 Å². The molecule has 0 radical (unpaired) electrons. The molecule has 3 heterocycles. The molecule has 0 N–H and O–H groups in total. The van der Waals surface area contributed by atoms with Gasteiger partial charge in [0.1, 0.15) is 11.2 Å². The minimum absolute atomic E-state index is 0.0726. The van der Waals surface area contributed by atoms with Gasteiger partial charge in [0.05, 0.1) is 5.69 Å². The Morgan fingerprint density at radius 1 is 0.862 bits per heavy atom. The highest BCUT2D eigenvalue weighted by Gasteiger charge is 2.23.